The van der Waals surface area contributed by atoms with Crippen molar-refractivity contribution in [1.29, 1.82) is 0 Å². The average molecular weight is 505 g/mol. The summed E-state index contributed by atoms with van der Waals surface area (Å²) >= 11 is 0. The molecule has 0 amide bonds. The number of hydrogen-bond donors (Lipinski definition) is 0. The van der Waals surface area contributed by atoms with E-state index >= 15 is 0 Å². The first-order valence-corrected chi connectivity index (χ1v) is 17.0. The van der Waals surface area contributed by atoms with Crippen LogP contribution in [0.1, 0.15) is 116 Å². The lowest BCUT2D eigenvalue weighted by Crippen LogP contribution is -2.94. The molecule has 12 bridgehead atoms. The van der Waals surface area contributed by atoms with Gasteiger partial charge in [-0.25, -0.2) is 0 Å². The van der Waals surface area contributed by atoms with Crippen LogP contribution in [0.15, 0.2) is 0 Å². The average Bonchev–Trinajstić information content (AvgIpc) is 3.17. The molecule has 0 aliphatic heterocycles. The van der Waals surface area contributed by atoms with E-state index < -0.39 is 0 Å². The summed E-state index contributed by atoms with van der Waals surface area (Å²) in [5.41, 5.74) is 3.64. The summed E-state index contributed by atoms with van der Waals surface area (Å²) in [6.07, 6.45) is 4.44. The Morgan fingerprint density at radius 2 is 1.38 bits per heavy atom. The Hall–Kier alpha value is 0. The molecule has 0 aromatic rings. The highest BCUT2D eigenvalue weighted by molar-refractivity contribution is 5.48. The summed E-state index contributed by atoms with van der Waals surface area (Å²) < 4.78 is 0. The van der Waals surface area contributed by atoms with E-state index in [0.29, 0.717) is 43.3 Å². The summed E-state index contributed by atoms with van der Waals surface area (Å²) in [4.78, 5) is 0. The van der Waals surface area contributed by atoms with E-state index in [0.717, 1.165) is 71.0 Å². The highest BCUT2D eigenvalue weighted by Gasteiger charge is 3.01. The molecular weight excluding hydrogens is 444 g/mol. The van der Waals surface area contributed by atoms with Crippen molar-refractivity contribution in [3.8, 4) is 0 Å². The molecule has 0 radical (unpaired) electrons. The third-order valence-electron chi connectivity index (χ3n) is 20.8. The van der Waals surface area contributed by atoms with Gasteiger partial charge in [0.15, 0.2) is 0 Å². The molecule has 9 saturated carbocycles. The SMILES string of the molecule is CCC1(C)C2C(C)C3C4C2CC25C(C)C(C)CC6(C)C7(C)C(C2C7(C)C5C)C4(C(C)C)C(C)(C3C)C16C. The Kier molecular flexibility index (Phi) is 3.90. The molecule has 0 aromatic heterocycles. The Morgan fingerprint density at radius 3 is 1.95 bits per heavy atom. The number of hydrogen-bond acceptors (Lipinski definition) is 0. The van der Waals surface area contributed by atoms with Crippen LogP contribution >= 0.6 is 0 Å². The first-order valence-electron chi connectivity index (χ1n) is 17.0. The fourth-order valence-electron chi connectivity index (χ4n) is 19.9. The van der Waals surface area contributed by atoms with Crippen molar-refractivity contribution in [2.24, 2.45) is 114 Å². The maximum absolute atomic E-state index is 2.98. The fraction of sp³-hybridized carbons (Fsp3) is 1.00. The lowest BCUT2D eigenvalue weighted by molar-refractivity contribution is -0.509. The lowest BCUT2D eigenvalue weighted by atomic mass is 9.06. The predicted molar refractivity (Wildman–Crippen MR) is 155 cm³/mol. The van der Waals surface area contributed by atoms with Crippen LogP contribution in [0.25, 0.3) is 0 Å². The molecule has 0 aromatic carbocycles. The Bertz CT molecular complexity index is 1120. The Labute approximate surface area is 230 Å². The van der Waals surface area contributed by atoms with Crippen molar-refractivity contribution in [2.75, 3.05) is 0 Å². The quantitative estimate of drug-likeness (QED) is 0.351. The minimum atomic E-state index is 0.350. The Morgan fingerprint density at radius 1 is 0.757 bits per heavy atom. The standard InChI is InChI=1S/C37H60/c1-15-30(9)26-20(5)25-22(7)33(12)35(30,14)31(10)16-19(4)21(6)36-17-24(26)27(25)37(33,18(2)3)29-28(36)32(11,23(36)8)34(29,31)13/h18-29H,15-17H2,1-14H3. The van der Waals surface area contributed by atoms with E-state index in [9.17, 15) is 0 Å². The molecule has 9 aliphatic rings. The van der Waals surface area contributed by atoms with E-state index in [2.05, 4.69) is 96.9 Å². The van der Waals surface area contributed by atoms with Crippen LogP contribution in [-0.4, -0.2) is 0 Å². The molecule has 0 N–H and O–H groups in total. The van der Waals surface area contributed by atoms with E-state index in [1.165, 1.54) is 12.8 Å². The largest absolute Gasteiger partial charge is 0.0648 e. The second-order valence-corrected chi connectivity index (χ2v) is 18.9. The van der Waals surface area contributed by atoms with Gasteiger partial charge in [-0.05, 0) is 134 Å². The fourth-order valence-corrected chi connectivity index (χ4v) is 19.9. The second-order valence-electron chi connectivity index (χ2n) is 18.9. The van der Waals surface area contributed by atoms with Crippen molar-refractivity contribution >= 4 is 0 Å². The van der Waals surface area contributed by atoms with Gasteiger partial charge in [0.2, 0.25) is 0 Å². The summed E-state index contributed by atoms with van der Waals surface area (Å²) in [5, 5.41) is 0. The maximum Gasteiger partial charge on any atom is -0.0142 e. The molecule has 0 heterocycles. The molecule has 19 atom stereocenters. The topological polar surface area (TPSA) is 0 Å². The van der Waals surface area contributed by atoms with E-state index in [1.807, 2.05) is 0 Å². The molecule has 0 nitrogen and oxygen atoms in total. The van der Waals surface area contributed by atoms with Crippen molar-refractivity contribution < 1.29 is 0 Å². The second kappa shape index (κ2) is 5.83. The number of rotatable bonds is 2. The van der Waals surface area contributed by atoms with Crippen molar-refractivity contribution in [3.05, 3.63) is 0 Å². The summed E-state index contributed by atoms with van der Waals surface area (Å²) in [6, 6.07) is 0. The molecule has 9 aliphatic carbocycles. The summed E-state index contributed by atoms with van der Waals surface area (Å²) in [7, 11) is 0. The predicted octanol–water partition coefficient (Wildman–Crippen LogP) is 9.83. The van der Waals surface area contributed by atoms with Crippen molar-refractivity contribution in [2.45, 2.75) is 116 Å². The van der Waals surface area contributed by atoms with Gasteiger partial charge >= 0.3 is 0 Å². The van der Waals surface area contributed by atoms with Gasteiger partial charge in [-0.3, -0.25) is 0 Å². The zero-order valence-electron chi connectivity index (χ0n) is 27.0. The van der Waals surface area contributed by atoms with Crippen LogP contribution in [0.3, 0.4) is 0 Å². The summed E-state index contributed by atoms with van der Waals surface area (Å²) in [5.74, 6) is 10.8. The van der Waals surface area contributed by atoms with Crippen LogP contribution in [0.2, 0.25) is 0 Å². The molecule has 0 saturated heterocycles. The molecule has 19 unspecified atom stereocenters. The minimum Gasteiger partial charge on any atom is -0.0648 e. The van der Waals surface area contributed by atoms with Gasteiger partial charge in [0.25, 0.3) is 0 Å². The van der Waals surface area contributed by atoms with Gasteiger partial charge in [0.1, 0.15) is 0 Å². The first-order chi connectivity index (χ1) is 17.0. The molecule has 0 spiro atoms. The minimum absolute atomic E-state index is 0.350. The molecular formula is C37H60. The van der Waals surface area contributed by atoms with Gasteiger partial charge in [0, 0.05) is 0 Å². The highest BCUT2D eigenvalue weighted by atomic mass is 15.1. The van der Waals surface area contributed by atoms with Gasteiger partial charge in [-0.2, -0.15) is 0 Å². The molecule has 37 heavy (non-hydrogen) atoms. The van der Waals surface area contributed by atoms with E-state index in [4.69, 9.17) is 0 Å². The van der Waals surface area contributed by atoms with Crippen LogP contribution in [0.5, 0.6) is 0 Å². The Balaban J connectivity index is 1.64. The summed E-state index contributed by atoms with van der Waals surface area (Å²) in [6.45, 7) is 39.6. The van der Waals surface area contributed by atoms with Crippen LogP contribution in [0.4, 0.5) is 0 Å². The molecule has 0 heteroatoms. The molecule has 9 rings (SSSR count). The monoisotopic (exact) mass is 504 g/mol. The van der Waals surface area contributed by atoms with Crippen molar-refractivity contribution in [1.82, 2.24) is 0 Å². The smallest absolute Gasteiger partial charge is 0.0142 e. The zero-order valence-corrected chi connectivity index (χ0v) is 27.0. The third-order valence-corrected chi connectivity index (χ3v) is 20.8. The van der Waals surface area contributed by atoms with Crippen molar-refractivity contribution in [3.63, 3.8) is 0 Å². The first kappa shape index (κ1) is 24.8. The van der Waals surface area contributed by atoms with Gasteiger partial charge in [0.05, 0.1) is 0 Å². The van der Waals surface area contributed by atoms with Gasteiger partial charge in [-0.15, -0.1) is 0 Å². The highest BCUT2D eigenvalue weighted by Crippen LogP contribution is 3.05. The van der Waals surface area contributed by atoms with Crippen LogP contribution < -0.4 is 0 Å². The van der Waals surface area contributed by atoms with E-state index in [1.54, 1.807) is 6.42 Å². The maximum atomic E-state index is 2.98. The molecule has 208 valence electrons. The van der Waals surface area contributed by atoms with E-state index in [-0.39, 0.29) is 0 Å². The van der Waals surface area contributed by atoms with Crippen LogP contribution in [0, 0.1) is 114 Å². The third kappa shape index (κ3) is 1.53. The van der Waals surface area contributed by atoms with Gasteiger partial charge in [-0.1, -0.05) is 96.9 Å². The van der Waals surface area contributed by atoms with Crippen LogP contribution in [-0.2, 0) is 0 Å². The van der Waals surface area contributed by atoms with Gasteiger partial charge < -0.3 is 0 Å². The molecule has 9 fully saturated rings. The lowest BCUT2D eigenvalue weighted by Gasteiger charge is -2.97. The zero-order chi connectivity index (χ0) is 27.0. The normalized spacial score (nSPS) is 77.1.